The highest BCUT2D eigenvalue weighted by Gasteiger charge is 2.20. The number of carbonyl (C=O) groups excluding carboxylic acids is 2. The van der Waals surface area contributed by atoms with Crippen molar-refractivity contribution in [1.29, 1.82) is 0 Å². The first-order valence-corrected chi connectivity index (χ1v) is 6.95. The number of carbonyl (C=O) groups is 2. The van der Waals surface area contributed by atoms with E-state index in [0.717, 1.165) is 0 Å². The Hall–Kier alpha value is -2.13. The number of benzene rings is 1. The normalized spacial score (nSPS) is 10.0. The average molecular weight is 313 g/mol. The minimum absolute atomic E-state index is 0.0436. The molecule has 1 aromatic rings. The van der Waals surface area contributed by atoms with Crippen molar-refractivity contribution in [3.05, 3.63) is 22.2 Å². The number of hydrogen-bond donors (Lipinski definition) is 3. The van der Waals surface area contributed by atoms with Gasteiger partial charge >= 0.3 is 0 Å². The standard InChI is InChI=1S/C12H15N3O5S/c1-7(17)13-9-6-12(21-4-3-16)10(14-8(2)18)5-11(9)15(19)20/h5-6,16H,3-4H2,1-2H3,(H,13,17)(H,14,18). The number of nitro benzene ring substituents is 1. The van der Waals surface area contributed by atoms with Crippen LogP contribution >= 0.6 is 11.8 Å². The molecule has 8 nitrogen and oxygen atoms in total. The van der Waals surface area contributed by atoms with Gasteiger partial charge in [-0.1, -0.05) is 0 Å². The molecular formula is C12H15N3O5S. The molecule has 0 spiro atoms. The number of nitro groups is 1. The molecule has 0 saturated carbocycles. The Morgan fingerprint density at radius 2 is 1.81 bits per heavy atom. The summed E-state index contributed by atoms with van der Waals surface area (Å²) in [5.41, 5.74) is -0.00825. The van der Waals surface area contributed by atoms with Gasteiger partial charge in [-0.25, -0.2) is 0 Å². The Balaban J connectivity index is 3.33. The van der Waals surface area contributed by atoms with Crippen molar-refractivity contribution in [2.24, 2.45) is 0 Å². The molecule has 0 aliphatic rings. The number of aliphatic hydroxyl groups is 1. The molecule has 1 aromatic carbocycles. The molecule has 0 unspecified atom stereocenters. The molecule has 0 aliphatic heterocycles. The van der Waals surface area contributed by atoms with E-state index in [1.165, 1.54) is 37.7 Å². The van der Waals surface area contributed by atoms with Crippen LogP contribution in [0.5, 0.6) is 0 Å². The van der Waals surface area contributed by atoms with Crippen LogP contribution in [-0.2, 0) is 9.59 Å². The maximum absolute atomic E-state index is 11.2. The van der Waals surface area contributed by atoms with Gasteiger partial charge in [-0.05, 0) is 6.07 Å². The first-order valence-electron chi connectivity index (χ1n) is 5.96. The van der Waals surface area contributed by atoms with E-state index in [4.69, 9.17) is 5.11 Å². The fourth-order valence-electron chi connectivity index (χ4n) is 1.57. The molecule has 9 heteroatoms. The lowest BCUT2D eigenvalue weighted by molar-refractivity contribution is -0.383. The first kappa shape index (κ1) is 16.9. The molecule has 2 amide bonds. The molecule has 21 heavy (non-hydrogen) atoms. The van der Waals surface area contributed by atoms with Gasteiger partial charge in [0.25, 0.3) is 5.69 Å². The van der Waals surface area contributed by atoms with Crippen molar-refractivity contribution >= 4 is 40.6 Å². The Bertz CT molecular complexity index is 576. The van der Waals surface area contributed by atoms with E-state index in [1.807, 2.05) is 0 Å². The molecule has 0 saturated heterocycles. The molecule has 0 heterocycles. The number of amides is 2. The SMILES string of the molecule is CC(=O)Nc1cc([N+](=O)[O-])c(NC(C)=O)cc1SCCO. The van der Waals surface area contributed by atoms with Gasteiger partial charge in [0.05, 0.1) is 17.2 Å². The van der Waals surface area contributed by atoms with Crippen LogP contribution in [0, 0.1) is 10.1 Å². The van der Waals surface area contributed by atoms with Gasteiger partial charge in [0, 0.05) is 30.6 Å². The summed E-state index contributed by atoms with van der Waals surface area (Å²) < 4.78 is 0. The van der Waals surface area contributed by atoms with E-state index in [0.29, 0.717) is 10.6 Å². The van der Waals surface area contributed by atoms with Crippen LogP contribution in [0.4, 0.5) is 17.1 Å². The number of thioether (sulfide) groups is 1. The van der Waals surface area contributed by atoms with E-state index in [9.17, 15) is 19.7 Å². The number of aliphatic hydroxyl groups excluding tert-OH is 1. The highest BCUT2D eigenvalue weighted by molar-refractivity contribution is 7.99. The van der Waals surface area contributed by atoms with Crippen molar-refractivity contribution in [1.82, 2.24) is 0 Å². The Morgan fingerprint density at radius 3 is 2.29 bits per heavy atom. The molecule has 3 N–H and O–H groups in total. The Labute approximate surface area is 125 Å². The Kier molecular flexibility index (Phi) is 6.12. The molecule has 0 aliphatic carbocycles. The lowest BCUT2D eigenvalue weighted by atomic mass is 10.2. The third-order valence-electron chi connectivity index (χ3n) is 2.26. The number of anilines is 2. The third-order valence-corrected chi connectivity index (χ3v) is 3.30. The number of hydrogen-bond acceptors (Lipinski definition) is 6. The van der Waals surface area contributed by atoms with E-state index >= 15 is 0 Å². The zero-order chi connectivity index (χ0) is 16.0. The summed E-state index contributed by atoms with van der Waals surface area (Å²) in [7, 11) is 0. The maximum atomic E-state index is 11.2. The predicted octanol–water partition coefficient (Wildman–Crippen LogP) is 1.60. The average Bonchev–Trinajstić information content (AvgIpc) is 2.36. The summed E-state index contributed by atoms with van der Waals surface area (Å²) in [5.74, 6) is -0.463. The van der Waals surface area contributed by atoms with Gasteiger partial charge in [-0.3, -0.25) is 19.7 Å². The van der Waals surface area contributed by atoms with Crippen LogP contribution in [0.1, 0.15) is 13.8 Å². The summed E-state index contributed by atoms with van der Waals surface area (Å²) in [6, 6.07) is 2.59. The second-order valence-electron chi connectivity index (χ2n) is 4.06. The highest BCUT2D eigenvalue weighted by Crippen LogP contribution is 2.36. The molecule has 0 aromatic heterocycles. The van der Waals surface area contributed by atoms with E-state index in [2.05, 4.69) is 10.6 Å². The zero-order valence-corrected chi connectivity index (χ0v) is 12.3. The van der Waals surface area contributed by atoms with Crippen LogP contribution in [0.25, 0.3) is 0 Å². The van der Waals surface area contributed by atoms with Crippen LogP contribution in [0.3, 0.4) is 0 Å². The Morgan fingerprint density at radius 1 is 1.24 bits per heavy atom. The first-order chi connectivity index (χ1) is 9.85. The maximum Gasteiger partial charge on any atom is 0.294 e. The van der Waals surface area contributed by atoms with Gasteiger partial charge in [0.2, 0.25) is 11.8 Å². The summed E-state index contributed by atoms with van der Waals surface area (Å²) in [6.45, 7) is 2.44. The summed E-state index contributed by atoms with van der Waals surface area (Å²) >= 11 is 1.21. The molecule has 114 valence electrons. The number of nitrogens with one attached hydrogen (secondary N) is 2. The van der Waals surface area contributed by atoms with Crippen molar-refractivity contribution in [3.8, 4) is 0 Å². The summed E-state index contributed by atoms with van der Waals surface area (Å²) in [5, 5.41) is 24.8. The van der Waals surface area contributed by atoms with E-state index < -0.39 is 10.8 Å². The van der Waals surface area contributed by atoms with Crippen LogP contribution in [-0.4, -0.2) is 34.2 Å². The van der Waals surface area contributed by atoms with Gasteiger partial charge in [-0.15, -0.1) is 11.8 Å². The van der Waals surface area contributed by atoms with E-state index in [1.54, 1.807) is 0 Å². The summed E-state index contributed by atoms with van der Waals surface area (Å²) in [6.07, 6.45) is 0. The molecule has 1 rings (SSSR count). The molecular weight excluding hydrogens is 298 g/mol. The molecule has 0 fully saturated rings. The van der Waals surface area contributed by atoms with Gasteiger partial charge in [0.1, 0.15) is 5.69 Å². The minimum Gasteiger partial charge on any atom is -0.396 e. The monoisotopic (exact) mass is 313 g/mol. The largest absolute Gasteiger partial charge is 0.396 e. The van der Waals surface area contributed by atoms with Crippen LogP contribution in [0.2, 0.25) is 0 Å². The fourth-order valence-corrected chi connectivity index (χ4v) is 2.35. The third kappa shape index (κ3) is 5.04. The van der Waals surface area contributed by atoms with Crippen molar-refractivity contribution in [2.75, 3.05) is 23.0 Å². The zero-order valence-electron chi connectivity index (χ0n) is 11.5. The molecule has 0 bridgehead atoms. The van der Waals surface area contributed by atoms with Gasteiger partial charge in [-0.2, -0.15) is 0 Å². The number of nitrogens with zero attached hydrogens (tertiary/aromatic N) is 1. The summed E-state index contributed by atoms with van der Waals surface area (Å²) in [4.78, 5) is 33.2. The predicted molar refractivity (Wildman–Crippen MR) is 79.5 cm³/mol. The minimum atomic E-state index is -0.642. The highest BCUT2D eigenvalue weighted by atomic mass is 32.2. The quantitative estimate of drug-likeness (QED) is 0.416. The second kappa shape index (κ2) is 7.60. The molecule has 0 radical (unpaired) electrons. The van der Waals surface area contributed by atoms with Crippen LogP contribution in [0.15, 0.2) is 17.0 Å². The lowest BCUT2D eigenvalue weighted by Gasteiger charge is -2.12. The topological polar surface area (TPSA) is 122 Å². The lowest BCUT2D eigenvalue weighted by Crippen LogP contribution is -2.11. The fraction of sp³-hybridized carbons (Fsp3) is 0.333. The van der Waals surface area contributed by atoms with Crippen molar-refractivity contribution in [2.45, 2.75) is 18.7 Å². The van der Waals surface area contributed by atoms with E-state index in [-0.39, 0.29) is 29.6 Å². The van der Waals surface area contributed by atoms with Gasteiger partial charge in [0.15, 0.2) is 0 Å². The van der Waals surface area contributed by atoms with Crippen molar-refractivity contribution < 1.29 is 19.6 Å². The van der Waals surface area contributed by atoms with Crippen molar-refractivity contribution in [3.63, 3.8) is 0 Å². The second-order valence-corrected chi connectivity index (χ2v) is 5.19. The number of rotatable bonds is 6. The van der Waals surface area contributed by atoms with Gasteiger partial charge < -0.3 is 15.7 Å². The van der Waals surface area contributed by atoms with Crippen LogP contribution < -0.4 is 10.6 Å². The smallest absolute Gasteiger partial charge is 0.294 e. The molecule has 0 atom stereocenters.